The van der Waals surface area contributed by atoms with Crippen LogP contribution in [0.15, 0.2) is 85.2 Å². The maximum Gasteiger partial charge on any atom is 0.224 e. The van der Waals surface area contributed by atoms with Crippen LogP contribution in [0.5, 0.6) is 0 Å². The Morgan fingerprint density at radius 2 is 1.58 bits per heavy atom. The van der Waals surface area contributed by atoms with Crippen LogP contribution in [0.2, 0.25) is 0 Å². The van der Waals surface area contributed by atoms with E-state index in [0.29, 0.717) is 6.42 Å². The second kappa shape index (κ2) is 11.8. The van der Waals surface area contributed by atoms with Gasteiger partial charge in [-0.1, -0.05) is 67.8 Å². The van der Waals surface area contributed by atoms with Gasteiger partial charge in [0.1, 0.15) is 0 Å². The number of nitrogens with zero attached hydrogens (tertiary/aromatic N) is 2. The summed E-state index contributed by atoms with van der Waals surface area (Å²) in [5, 5.41) is 10.6. The largest absolute Gasteiger partial charge is 0.326 e. The number of para-hydroxylation sites is 1. The van der Waals surface area contributed by atoms with Crippen LogP contribution in [-0.2, 0) is 11.2 Å². The van der Waals surface area contributed by atoms with Gasteiger partial charge >= 0.3 is 0 Å². The molecule has 168 valence electrons. The van der Waals surface area contributed by atoms with Gasteiger partial charge in [0.05, 0.1) is 5.69 Å². The summed E-state index contributed by atoms with van der Waals surface area (Å²) >= 11 is 0. The Bertz CT molecular complexity index is 1140. The van der Waals surface area contributed by atoms with E-state index in [1.165, 1.54) is 0 Å². The predicted octanol–water partition coefficient (Wildman–Crippen LogP) is 6.66. The summed E-state index contributed by atoms with van der Waals surface area (Å²) in [6.45, 7) is 0. The van der Waals surface area contributed by atoms with Gasteiger partial charge in [-0.25, -0.2) is 0 Å². The van der Waals surface area contributed by atoms with Crippen molar-refractivity contribution in [3.63, 3.8) is 0 Å². The first kappa shape index (κ1) is 22.5. The number of hydrogen-bond acceptors (Lipinski definition) is 3. The molecule has 0 unspecified atom stereocenters. The van der Waals surface area contributed by atoms with Crippen LogP contribution in [0.4, 0.5) is 5.69 Å². The Morgan fingerprint density at radius 3 is 2.42 bits per heavy atom. The number of pyridine rings is 1. The number of aryl methyl sites for hydroxylation is 1. The number of carbonyl (C=O) groups is 1. The quantitative estimate of drug-likeness (QED) is 0.257. The molecule has 0 radical (unpaired) electrons. The Morgan fingerprint density at radius 1 is 0.818 bits per heavy atom. The monoisotopic (exact) mass is 438 g/mol. The number of rotatable bonds is 11. The van der Waals surface area contributed by atoms with Gasteiger partial charge in [-0.3, -0.25) is 14.9 Å². The molecule has 5 nitrogen and oxygen atoms in total. The standard InChI is InChI=1S/C28H30N4O/c33-28(30-26-17-10-9-16-25(26)22-12-5-4-6-13-22)18-8-3-1-2-7-15-24-20-27(32-31-24)23-14-11-19-29-21-23/h4-6,9-14,16-17,19-21H,1-3,7-8,15,18H2,(H,30,33)(H,31,32). The fourth-order valence-electron chi connectivity index (χ4n) is 3.96. The molecule has 0 fully saturated rings. The molecule has 0 atom stereocenters. The third-order valence-electron chi connectivity index (χ3n) is 5.72. The summed E-state index contributed by atoms with van der Waals surface area (Å²) in [6.07, 6.45) is 10.5. The van der Waals surface area contributed by atoms with Gasteiger partial charge < -0.3 is 5.32 Å². The lowest BCUT2D eigenvalue weighted by atomic mass is 10.0. The van der Waals surface area contributed by atoms with E-state index < -0.39 is 0 Å². The van der Waals surface area contributed by atoms with Crippen LogP contribution in [0, 0.1) is 0 Å². The van der Waals surface area contributed by atoms with E-state index in [4.69, 9.17) is 0 Å². The Hall–Kier alpha value is -3.73. The van der Waals surface area contributed by atoms with Crippen molar-refractivity contribution in [1.82, 2.24) is 15.2 Å². The molecule has 0 bridgehead atoms. The molecule has 4 aromatic rings. The van der Waals surface area contributed by atoms with Gasteiger partial charge in [-0.05, 0) is 49.1 Å². The SMILES string of the molecule is O=C(CCCCCCCc1cc(-c2cccnc2)n[nH]1)Nc1ccccc1-c1ccccc1. The van der Waals surface area contributed by atoms with Crippen LogP contribution in [0.25, 0.3) is 22.4 Å². The number of benzene rings is 2. The lowest BCUT2D eigenvalue weighted by Gasteiger charge is -2.11. The highest BCUT2D eigenvalue weighted by Gasteiger charge is 2.08. The van der Waals surface area contributed by atoms with Crippen molar-refractivity contribution in [2.24, 2.45) is 0 Å². The predicted molar refractivity (Wildman–Crippen MR) is 134 cm³/mol. The Balaban J connectivity index is 1.13. The molecule has 0 saturated heterocycles. The minimum absolute atomic E-state index is 0.0822. The first-order valence-electron chi connectivity index (χ1n) is 11.7. The van der Waals surface area contributed by atoms with Crippen molar-refractivity contribution in [1.29, 1.82) is 0 Å². The van der Waals surface area contributed by atoms with E-state index in [9.17, 15) is 4.79 Å². The molecule has 0 aliphatic heterocycles. The molecule has 33 heavy (non-hydrogen) atoms. The lowest BCUT2D eigenvalue weighted by Crippen LogP contribution is -2.11. The molecule has 0 saturated carbocycles. The number of unbranched alkanes of at least 4 members (excludes halogenated alkanes) is 4. The number of aromatic amines is 1. The molecule has 5 heteroatoms. The van der Waals surface area contributed by atoms with E-state index in [-0.39, 0.29) is 5.91 Å². The average molecular weight is 439 g/mol. The molecule has 0 aliphatic carbocycles. The van der Waals surface area contributed by atoms with Gasteiger partial charge in [0.15, 0.2) is 0 Å². The number of H-pyrrole nitrogens is 1. The zero-order valence-electron chi connectivity index (χ0n) is 18.8. The smallest absolute Gasteiger partial charge is 0.224 e. The number of carbonyl (C=O) groups excluding carboxylic acids is 1. The van der Waals surface area contributed by atoms with Gasteiger partial charge in [0.2, 0.25) is 5.91 Å². The van der Waals surface area contributed by atoms with E-state index in [1.54, 1.807) is 6.20 Å². The third kappa shape index (κ3) is 6.62. The topological polar surface area (TPSA) is 70.7 Å². The van der Waals surface area contributed by atoms with Crippen molar-refractivity contribution in [3.05, 3.63) is 90.9 Å². The lowest BCUT2D eigenvalue weighted by molar-refractivity contribution is -0.116. The normalized spacial score (nSPS) is 10.8. The highest BCUT2D eigenvalue weighted by atomic mass is 16.1. The second-order valence-corrected chi connectivity index (χ2v) is 8.25. The van der Waals surface area contributed by atoms with Crippen molar-refractivity contribution in [2.45, 2.75) is 44.9 Å². The zero-order chi connectivity index (χ0) is 22.7. The first-order valence-corrected chi connectivity index (χ1v) is 11.7. The van der Waals surface area contributed by atoms with Crippen LogP contribution in [0.1, 0.15) is 44.2 Å². The molecule has 2 heterocycles. The molecular formula is C28H30N4O. The Kier molecular flexibility index (Phi) is 8.01. The molecule has 2 aromatic carbocycles. The van der Waals surface area contributed by atoms with Gasteiger partial charge in [-0.2, -0.15) is 5.10 Å². The van der Waals surface area contributed by atoms with E-state index in [1.807, 2.05) is 60.8 Å². The highest BCUT2D eigenvalue weighted by molar-refractivity contribution is 5.95. The summed E-state index contributed by atoms with van der Waals surface area (Å²) < 4.78 is 0. The van der Waals surface area contributed by atoms with E-state index in [2.05, 4.69) is 38.7 Å². The van der Waals surface area contributed by atoms with Gasteiger partial charge in [0, 0.05) is 41.3 Å². The van der Waals surface area contributed by atoms with Crippen LogP contribution in [-0.4, -0.2) is 21.1 Å². The molecule has 0 spiro atoms. The minimum Gasteiger partial charge on any atom is -0.326 e. The summed E-state index contributed by atoms with van der Waals surface area (Å²) in [4.78, 5) is 16.6. The number of nitrogens with one attached hydrogen (secondary N) is 2. The maximum absolute atomic E-state index is 12.5. The van der Waals surface area contributed by atoms with Crippen molar-refractivity contribution < 1.29 is 4.79 Å². The summed E-state index contributed by atoms with van der Waals surface area (Å²) in [6, 6.07) is 24.2. The fourth-order valence-corrected chi connectivity index (χ4v) is 3.96. The molecular weight excluding hydrogens is 408 g/mol. The van der Waals surface area contributed by atoms with Gasteiger partial charge in [-0.15, -0.1) is 0 Å². The summed E-state index contributed by atoms with van der Waals surface area (Å²) in [7, 11) is 0. The van der Waals surface area contributed by atoms with Crippen molar-refractivity contribution in [2.75, 3.05) is 5.32 Å². The molecule has 1 amide bonds. The Labute approximate surface area is 195 Å². The van der Waals surface area contributed by atoms with Crippen LogP contribution >= 0.6 is 0 Å². The average Bonchev–Trinajstić information content (AvgIpc) is 3.34. The van der Waals surface area contributed by atoms with Crippen LogP contribution < -0.4 is 5.32 Å². The van der Waals surface area contributed by atoms with E-state index >= 15 is 0 Å². The number of aromatic nitrogens is 3. The summed E-state index contributed by atoms with van der Waals surface area (Å²) in [5.74, 6) is 0.0822. The van der Waals surface area contributed by atoms with Crippen LogP contribution in [0.3, 0.4) is 0 Å². The first-order chi connectivity index (χ1) is 16.3. The van der Waals surface area contributed by atoms with Gasteiger partial charge in [0.25, 0.3) is 0 Å². The molecule has 4 rings (SSSR count). The number of hydrogen-bond donors (Lipinski definition) is 2. The third-order valence-corrected chi connectivity index (χ3v) is 5.72. The van der Waals surface area contributed by atoms with Crippen molar-refractivity contribution in [3.8, 4) is 22.4 Å². The second-order valence-electron chi connectivity index (χ2n) is 8.25. The summed E-state index contributed by atoms with van der Waals surface area (Å²) in [5.41, 5.74) is 6.17. The number of amides is 1. The molecule has 0 aliphatic rings. The number of anilines is 1. The van der Waals surface area contributed by atoms with Crippen molar-refractivity contribution >= 4 is 11.6 Å². The highest BCUT2D eigenvalue weighted by Crippen LogP contribution is 2.27. The minimum atomic E-state index is 0.0822. The zero-order valence-corrected chi connectivity index (χ0v) is 18.8. The van der Waals surface area contributed by atoms with E-state index in [0.717, 1.165) is 72.3 Å². The molecule has 2 aromatic heterocycles. The molecule has 2 N–H and O–H groups in total. The fraction of sp³-hybridized carbons (Fsp3) is 0.250. The maximum atomic E-state index is 12.5.